The van der Waals surface area contributed by atoms with Gasteiger partial charge in [0, 0.05) is 37.0 Å². The first-order chi connectivity index (χ1) is 11.5. The van der Waals surface area contributed by atoms with E-state index >= 15 is 0 Å². The van der Waals surface area contributed by atoms with Crippen LogP contribution in [-0.4, -0.2) is 57.5 Å². The van der Waals surface area contributed by atoms with Crippen molar-refractivity contribution in [2.24, 2.45) is 0 Å². The monoisotopic (exact) mass is 411 g/mol. The Kier molecular flexibility index (Phi) is 9.33. The van der Waals surface area contributed by atoms with Gasteiger partial charge in [0.2, 0.25) is 5.91 Å². The van der Waals surface area contributed by atoms with Crippen molar-refractivity contribution >= 4 is 39.7 Å². The largest absolute Gasteiger partial charge is 0.378 e. The molecule has 10 heteroatoms. The molecule has 1 unspecified atom stereocenters. The van der Waals surface area contributed by atoms with E-state index in [-0.39, 0.29) is 24.4 Å². The number of hydrogen-bond acceptors (Lipinski definition) is 6. The van der Waals surface area contributed by atoms with Crippen LogP contribution in [0.25, 0.3) is 0 Å². The van der Waals surface area contributed by atoms with Gasteiger partial charge in [-0.15, -0.1) is 23.7 Å². The van der Waals surface area contributed by atoms with E-state index in [2.05, 4.69) is 10.6 Å². The lowest BCUT2D eigenvalue weighted by atomic mass is 10.2. The number of morpholine rings is 1. The van der Waals surface area contributed by atoms with Gasteiger partial charge in [0.15, 0.2) is 0 Å². The average Bonchev–Trinajstić information content (AvgIpc) is 3.04. The minimum atomic E-state index is -3.43. The fourth-order valence-electron chi connectivity index (χ4n) is 2.52. The van der Waals surface area contributed by atoms with E-state index in [1.807, 2.05) is 13.8 Å². The molecule has 2 N–H and O–H groups in total. The molecule has 1 saturated heterocycles. The second-order valence-corrected chi connectivity index (χ2v) is 8.85. The third-order valence-electron chi connectivity index (χ3n) is 3.83. The molecule has 0 radical (unpaired) electrons. The minimum absolute atomic E-state index is 0. The number of carbonyl (C=O) groups excluding carboxylic acids is 1. The zero-order valence-electron chi connectivity index (χ0n) is 14.5. The first-order valence-electron chi connectivity index (χ1n) is 8.14. The summed E-state index contributed by atoms with van der Waals surface area (Å²) < 4.78 is 31.9. The van der Waals surface area contributed by atoms with Gasteiger partial charge in [-0.1, -0.05) is 13.8 Å². The van der Waals surface area contributed by atoms with E-state index in [9.17, 15) is 13.2 Å². The van der Waals surface area contributed by atoms with Crippen LogP contribution in [0.4, 0.5) is 0 Å². The molecule has 1 fully saturated rings. The Labute approximate surface area is 159 Å². The summed E-state index contributed by atoms with van der Waals surface area (Å²) in [6.45, 7) is 6.84. The lowest BCUT2D eigenvalue weighted by Crippen LogP contribution is -2.44. The predicted octanol–water partition coefficient (Wildman–Crippen LogP) is 1.20. The van der Waals surface area contributed by atoms with Crippen molar-refractivity contribution < 1.29 is 17.9 Å². The highest BCUT2D eigenvalue weighted by Gasteiger charge is 2.23. The lowest BCUT2D eigenvalue weighted by molar-refractivity contribution is -0.122. The highest BCUT2D eigenvalue weighted by atomic mass is 35.5. The summed E-state index contributed by atoms with van der Waals surface area (Å²) in [4.78, 5) is 12.8. The van der Waals surface area contributed by atoms with E-state index in [1.165, 1.54) is 15.6 Å². The number of carbonyl (C=O) groups is 1. The third-order valence-corrected chi connectivity index (χ3v) is 7.43. The number of hydrogen-bond donors (Lipinski definition) is 2. The average molecular weight is 412 g/mol. The molecule has 1 atom stereocenters. The molecule has 0 spiro atoms. The molecule has 0 aliphatic carbocycles. The van der Waals surface area contributed by atoms with Gasteiger partial charge in [-0.05, 0) is 12.1 Å². The van der Waals surface area contributed by atoms with Gasteiger partial charge in [-0.2, -0.15) is 4.31 Å². The molecule has 1 aromatic heterocycles. The van der Waals surface area contributed by atoms with Crippen LogP contribution in [0.1, 0.15) is 25.1 Å². The van der Waals surface area contributed by atoms with E-state index in [1.54, 1.807) is 12.1 Å². The van der Waals surface area contributed by atoms with Crippen LogP contribution in [0, 0.1) is 0 Å². The summed E-state index contributed by atoms with van der Waals surface area (Å²) in [5, 5.41) is 6.07. The molecule has 7 nitrogen and oxygen atoms in total. The molecule has 1 aliphatic heterocycles. The zero-order valence-corrected chi connectivity index (χ0v) is 16.9. The topological polar surface area (TPSA) is 87.7 Å². The Hall–Kier alpha value is -0.710. The normalized spacial score (nSPS) is 18.0. The van der Waals surface area contributed by atoms with Crippen molar-refractivity contribution in [3.8, 4) is 0 Å². The number of sulfonamides is 1. The van der Waals surface area contributed by atoms with Crippen LogP contribution in [0.15, 0.2) is 16.3 Å². The second kappa shape index (κ2) is 10.4. The van der Waals surface area contributed by atoms with Crippen molar-refractivity contribution in [3.63, 3.8) is 0 Å². The van der Waals surface area contributed by atoms with Crippen LogP contribution in [0.5, 0.6) is 0 Å². The second-order valence-electron chi connectivity index (χ2n) is 5.52. The minimum Gasteiger partial charge on any atom is -0.378 e. The Bertz CT molecular complexity index is 641. The molecule has 25 heavy (non-hydrogen) atoms. The number of amides is 1. The molecule has 0 aromatic carbocycles. The number of nitrogens with one attached hydrogen (secondary N) is 2. The summed E-state index contributed by atoms with van der Waals surface area (Å²) >= 11 is 1.20. The van der Waals surface area contributed by atoms with Crippen molar-refractivity contribution in [2.75, 3.05) is 32.8 Å². The summed E-state index contributed by atoms with van der Waals surface area (Å²) in [5.74, 6) is -0.0699. The smallest absolute Gasteiger partial charge is 0.252 e. The van der Waals surface area contributed by atoms with E-state index in [0.29, 0.717) is 43.5 Å². The summed E-state index contributed by atoms with van der Waals surface area (Å²) in [7, 11) is -3.43. The molecule has 0 saturated carbocycles. The summed E-state index contributed by atoms with van der Waals surface area (Å²) in [6.07, 6.45) is 0.357. The SMILES string of the molecule is CCN(CC)S(=O)(=O)c1ccc(CNC(=O)CC2COCCN2)s1.Cl. The quantitative estimate of drug-likeness (QED) is 0.671. The third kappa shape index (κ3) is 6.19. The molecule has 1 amide bonds. The van der Waals surface area contributed by atoms with Crippen LogP contribution >= 0.6 is 23.7 Å². The van der Waals surface area contributed by atoms with Crippen LogP contribution in [0.2, 0.25) is 0 Å². The summed E-state index contributed by atoms with van der Waals surface area (Å²) in [6, 6.07) is 3.40. The molecule has 2 rings (SSSR count). The van der Waals surface area contributed by atoms with Gasteiger partial charge in [0.05, 0.1) is 19.8 Å². The van der Waals surface area contributed by atoms with Crippen molar-refractivity contribution in [2.45, 2.75) is 37.1 Å². The molecular weight excluding hydrogens is 386 g/mol. The molecule has 1 aliphatic rings. The summed E-state index contributed by atoms with van der Waals surface area (Å²) in [5.41, 5.74) is 0. The predicted molar refractivity (Wildman–Crippen MR) is 101 cm³/mol. The van der Waals surface area contributed by atoms with Gasteiger partial charge in [-0.3, -0.25) is 4.79 Å². The van der Waals surface area contributed by atoms with Gasteiger partial charge in [0.1, 0.15) is 4.21 Å². The van der Waals surface area contributed by atoms with Crippen LogP contribution in [0.3, 0.4) is 0 Å². The van der Waals surface area contributed by atoms with Crippen LogP contribution in [-0.2, 0) is 26.1 Å². The van der Waals surface area contributed by atoms with E-state index in [0.717, 1.165) is 11.4 Å². The highest BCUT2D eigenvalue weighted by Crippen LogP contribution is 2.24. The number of rotatable bonds is 8. The first-order valence-corrected chi connectivity index (χ1v) is 10.4. The van der Waals surface area contributed by atoms with Crippen LogP contribution < -0.4 is 10.6 Å². The maximum Gasteiger partial charge on any atom is 0.252 e. The molecular formula is C15H26ClN3O4S2. The van der Waals surface area contributed by atoms with Gasteiger partial charge in [-0.25, -0.2) is 8.42 Å². The Morgan fingerprint density at radius 3 is 2.72 bits per heavy atom. The molecule has 1 aromatic rings. The number of ether oxygens (including phenoxy) is 1. The molecule has 2 heterocycles. The van der Waals surface area contributed by atoms with Gasteiger partial charge < -0.3 is 15.4 Å². The van der Waals surface area contributed by atoms with Crippen molar-refractivity contribution in [3.05, 3.63) is 17.0 Å². The van der Waals surface area contributed by atoms with Crippen molar-refractivity contribution in [1.82, 2.24) is 14.9 Å². The number of thiophene rings is 1. The fourth-order valence-corrected chi connectivity index (χ4v) is 5.42. The lowest BCUT2D eigenvalue weighted by Gasteiger charge is -2.23. The first kappa shape index (κ1) is 22.3. The number of halogens is 1. The Morgan fingerprint density at radius 2 is 2.12 bits per heavy atom. The molecule has 0 bridgehead atoms. The van der Waals surface area contributed by atoms with Gasteiger partial charge in [0.25, 0.3) is 10.0 Å². The maximum atomic E-state index is 12.4. The highest BCUT2D eigenvalue weighted by molar-refractivity contribution is 7.91. The van der Waals surface area contributed by atoms with Gasteiger partial charge >= 0.3 is 0 Å². The van der Waals surface area contributed by atoms with E-state index in [4.69, 9.17) is 4.74 Å². The standard InChI is InChI=1S/C15H25N3O4S2.ClH/c1-3-18(4-2)24(20,21)15-6-5-13(23-15)10-17-14(19)9-12-11-22-8-7-16-12;/h5-6,12,16H,3-4,7-11H2,1-2H3,(H,17,19);1H. The Balaban J connectivity index is 0.00000312. The zero-order chi connectivity index (χ0) is 17.6. The maximum absolute atomic E-state index is 12.4. The fraction of sp³-hybridized carbons (Fsp3) is 0.667. The van der Waals surface area contributed by atoms with Crippen molar-refractivity contribution in [1.29, 1.82) is 0 Å². The Morgan fingerprint density at radius 1 is 1.40 bits per heavy atom. The molecule has 144 valence electrons. The van der Waals surface area contributed by atoms with E-state index < -0.39 is 10.0 Å². The number of nitrogens with zero attached hydrogens (tertiary/aromatic N) is 1.